The van der Waals surface area contributed by atoms with Crippen LogP contribution in [0.2, 0.25) is 0 Å². The van der Waals surface area contributed by atoms with Crippen molar-refractivity contribution >= 4 is 11.6 Å². The van der Waals surface area contributed by atoms with Crippen molar-refractivity contribution in [2.75, 3.05) is 38.2 Å². The van der Waals surface area contributed by atoms with E-state index in [1.807, 2.05) is 61.5 Å². The molecule has 4 rings (SSSR count). The van der Waals surface area contributed by atoms with Crippen LogP contribution >= 0.6 is 0 Å². The first-order chi connectivity index (χ1) is 19.7. The second-order valence-electron chi connectivity index (χ2n) is 11.3. The number of nitrogens with zero attached hydrogens (tertiary/aromatic N) is 3. The van der Waals surface area contributed by atoms with Crippen LogP contribution in [0.15, 0.2) is 78.9 Å². The smallest absolute Gasteiger partial charge is 0.227 e. The van der Waals surface area contributed by atoms with Gasteiger partial charge in [0.05, 0.1) is 12.3 Å². The van der Waals surface area contributed by atoms with Crippen molar-refractivity contribution in [3.05, 3.63) is 95.7 Å². The lowest BCUT2D eigenvalue weighted by molar-refractivity contribution is 0.223. The molecule has 0 fully saturated rings. The Morgan fingerprint density at radius 1 is 0.756 bits per heavy atom. The summed E-state index contributed by atoms with van der Waals surface area (Å²) in [6.45, 7) is 17.3. The molecule has 216 valence electrons. The molecule has 4 aromatic rings. The number of likely N-dealkylation sites (N-methyl/N-ethyl adjacent to an activating group) is 1. The lowest BCUT2D eigenvalue weighted by atomic mass is 9.86. The molecule has 0 aliphatic heterocycles. The fraction of sp³-hybridized carbons (Fsp3) is 0.371. The van der Waals surface area contributed by atoms with Crippen LogP contribution in [0.3, 0.4) is 0 Å². The van der Waals surface area contributed by atoms with Gasteiger partial charge in [0.2, 0.25) is 5.95 Å². The van der Waals surface area contributed by atoms with Gasteiger partial charge in [-0.3, -0.25) is 0 Å². The molecule has 3 aromatic carbocycles. The van der Waals surface area contributed by atoms with Gasteiger partial charge in [0.1, 0.15) is 18.1 Å². The van der Waals surface area contributed by atoms with Crippen LogP contribution in [-0.2, 0) is 11.8 Å². The zero-order valence-corrected chi connectivity index (χ0v) is 25.4. The normalized spacial score (nSPS) is 11.5. The fourth-order valence-electron chi connectivity index (χ4n) is 4.55. The number of hydrogen-bond acceptors (Lipinski definition) is 6. The van der Waals surface area contributed by atoms with Gasteiger partial charge in [-0.2, -0.15) is 0 Å². The van der Waals surface area contributed by atoms with Crippen LogP contribution in [0.5, 0.6) is 11.5 Å². The topological polar surface area (TPSA) is 59.5 Å². The van der Waals surface area contributed by atoms with Gasteiger partial charge in [0.15, 0.2) is 0 Å². The number of aromatic nitrogens is 2. The van der Waals surface area contributed by atoms with Gasteiger partial charge in [0.25, 0.3) is 0 Å². The molecule has 0 amide bonds. The van der Waals surface area contributed by atoms with E-state index < -0.39 is 0 Å². The number of ether oxygens (including phenoxy) is 2. The Kier molecular flexibility index (Phi) is 10.4. The Balaban J connectivity index is 1.31. The summed E-state index contributed by atoms with van der Waals surface area (Å²) < 4.78 is 11.9. The lowest BCUT2D eigenvalue weighted by Crippen LogP contribution is -2.27. The van der Waals surface area contributed by atoms with Crippen LogP contribution in [-0.4, -0.2) is 47.7 Å². The van der Waals surface area contributed by atoms with E-state index in [-0.39, 0.29) is 5.41 Å². The maximum absolute atomic E-state index is 6.02. The summed E-state index contributed by atoms with van der Waals surface area (Å²) in [4.78, 5) is 11.7. The molecule has 0 saturated heterocycles. The van der Waals surface area contributed by atoms with E-state index in [1.54, 1.807) is 0 Å². The first-order valence-electron chi connectivity index (χ1n) is 14.6. The highest BCUT2D eigenvalue weighted by Gasteiger charge is 2.13. The van der Waals surface area contributed by atoms with Crippen LogP contribution in [0.4, 0.5) is 11.6 Å². The van der Waals surface area contributed by atoms with E-state index in [0.29, 0.717) is 19.2 Å². The van der Waals surface area contributed by atoms with Crippen molar-refractivity contribution in [3.63, 3.8) is 0 Å². The van der Waals surface area contributed by atoms with Gasteiger partial charge >= 0.3 is 0 Å². The van der Waals surface area contributed by atoms with Crippen LogP contribution < -0.4 is 14.8 Å². The molecule has 0 aliphatic carbocycles. The summed E-state index contributed by atoms with van der Waals surface area (Å²) in [6.07, 6.45) is 0.871. The van der Waals surface area contributed by atoms with E-state index in [4.69, 9.17) is 14.5 Å². The third-order valence-electron chi connectivity index (χ3n) is 7.16. The SMILES string of the molecule is CCN(CC)CCOc1ccc(Nc2nc(C)cc(-c3ccc(OCCc4ccc(C(C)(C)C)cc4)cc3)n2)cc1. The zero-order valence-electron chi connectivity index (χ0n) is 25.4. The maximum atomic E-state index is 6.02. The summed E-state index contributed by atoms with van der Waals surface area (Å²) in [5.41, 5.74) is 6.48. The van der Waals surface area contributed by atoms with Gasteiger partial charge in [0, 0.05) is 29.9 Å². The van der Waals surface area contributed by atoms with Crippen LogP contribution in [0, 0.1) is 6.92 Å². The van der Waals surface area contributed by atoms with E-state index in [9.17, 15) is 0 Å². The molecule has 6 nitrogen and oxygen atoms in total. The Hall–Kier alpha value is -3.90. The molecule has 6 heteroatoms. The van der Waals surface area contributed by atoms with Crippen molar-refractivity contribution in [1.29, 1.82) is 0 Å². The molecule has 1 heterocycles. The second kappa shape index (κ2) is 14.1. The van der Waals surface area contributed by atoms with Gasteiger partial charge in [-0.05, 0) is 91.2 Å². The lowest BCUT2D eigenvalue weighted by Gasteiger charge is -2.19. The second-order valence-corrected chi connectivity index (χ2v) is 11.3. The summed E-state index contributed by atoms with van der Waals surface area (Å²) >= 11 is 0. The largest absolute Gasteiger partial charge is 0.493 e. The molecule has 0 radical (unpaired) electrons. The van der Waals surface area contributed by atoms with Crippen molar-refractivity contribution in [2.45, 2.75) is 53.4 Å². The summed E-state index contributed by atoms with van der Waals surface area (Å²) in [5.74, 6) is 2.27. The highest BCUT2D eigenvalue weighted by atomic mass is 16.5. The predicted octanol–water partition coefficient (Wildman–Crippen LogP) is 7.84. The zero-order chi connectivity index (χ0) is 29.2. The van der Waals surface area contributed by atoms with E-state index in [0.717, 1.165) is 60.2 Å². The Morgan fingerprint density at radius 2 is 1.37 bits per heavy atom. The molecule has 41 heavy (non-hydrogen) atoms. The van der Waals surface area contributed by atoms with Gasteiger partial charge < -0.3 is 19.7 Å². The first-order valence-corrected chi connectivity index (χ1v) is 14.6. The van der Waals surface area contributed by atoms with Crippen molar-refractivity contribution in [2.24, 2.45) is 0 Å². The van der Waals surface area contributed by atoms with Crippen LogP contribution in [0.1, 0.15) is 51.4 Å². The molecule has 0 saturated carbocycles. The average molecular weight is 553 g/mol. The average Bonchev–Trinajstić information content (AvgIpc) is 2.96. The van der Waals surface area contributed by atoms with E-state index >= 15 is 0 Å². The Labute approximate surface area is 245 Å². The minimum Gasteiger partial charge on any atom is -0.493 e. The molecule has 0 spiro atoms. The molecule has 0 aliphatic rings. The number of nitrogens with one attached hydrogen (secondary N) is 1. The number of benzene rings is 3. The van der Waals surface area contributed by atoms with Crippen molar-refractivity contribution < 1.29 is 9.47 Å². The highest BCUT2D eigenvalue weighted by molar-refractivity contribution is 5.63. The monoisotopic (exact) mass is 552 g/mol. The van der Waals surface area contributed by atoms with Crippen LogP contribution in [0.25, 0.3) is 11.3 Å². The molecule has 0 atom stereocenters. The minimum atomic E-state index is 0.168. The number of aryl methyl sites for hydroxylation is 1. The summed E-state index contributed by atoms with van der Waals surface area (Å²) in [7, 11) is 0. The van der Waals surface area contributed by atoms with E-state index in [1.165, 1.54) is 11.1 Å². The minimum absolute atomic E-state index is 0.168. The molecular weight excluding hydrogens is 508 g/mol. The maximum Gasteiger partial charge on any atom is 0.227 e. The molecule has 0 unspecified atom stereocenters. The number of rotatable bonds is 13. The highest BCUT2D eigenvalue weighted by Crippen LogP contribution is 2.25. The summed E-state index contributed by atoms with van der Waals surface area (Å²) in [6, 6.07) is 26.9. The Bertz CT molecular complexity index is 1360. The first kappa shape index (κ1) is 30.1. The summed E-state index contributed by atoms with van der Waals surface area (Å²) in [5, 5.41) is 3.33. The van der Waals surface area contributed by atoms with Gasteiger partial charge in [-0.25, -0.2) is 9.97 Å². The van der Waals surface area contributed by atoms with Gasteiger partial charge in [-0.15, -0.1) is 0 Å². The quantitative estimate of drug-likeness (QED) is 0.182. The molecule has 1 N–H and O–H groups in total. The third kappa shape index (κ3) is 9.05. The van der Waals surface area contributed by atoms with Crippen molar-refractivity contribution in [1.82, 2.24) is 14.9 Å². The molecule has 0 bridgehead atoms. The Morgan fingerprint density at radius 3 is 1.98 bits per heavy atom. The molecular formula is C35H44N4O2. The number of anilines is 2. The fourth-order valence-corrected chi connectivity index (χ4v) is 4.55. The third-order valence-corrected chi connectivity index (χ3v) is 7.16. The molecule has 1 aromatic heterocycles. The van der Waals surface area contributed by atoms with Crippen molar-refractivity contribution in [3.8, 4) is 22.8 Å². The standard InChI is InChI=1S/C35H44N4O2/c1-7-39(8-2)22-24-41-32-19-15-30(16-20-32)37-34-36-26(3)25-33(38-34)28-11-17-31(18-12-28)40-23-21-27-9-13-29(14-10-27)35(4,5)6/h9-20,25H,7-8,21-24H2,1-6H3,(H,36,37,38). The number of hydrogen-bond donors (Lipinski definition) is 1. The van der Waals surface area contributed by atoms with Gasteiger partial charge in [-0.1, -0.05) is 58.9 Å². The predicted molar refractivity (Wildman–Crippen MR) is 170 cm³/mol. The van der Waals surface area contributed by atoms with E-state index in [2.05, 4.69) is 74.1 Å².